The molecular formula is C11H20N4. The van der Waals surface area contributed by atoms with Gasteiger partial charge in [-0.05, 0) is 39.0 Å². The van der Waals surface area contributed by atoms with Crippen LogP contribution in [-0.2, 0) is 6.42 Å². The van der Waals surface area contributed by atoms with Crippen molar-refractivity contribution in [3.63, 3.8) is 0 Å². The highest BCUT2D eigenvalue weighted by Crippen LogP contribution is 2.50. The van der Waals surface area contributed by atoms with E-state index in [2.05, 4.69) is 30.9 Å². The van der Waals surface area contributed by atoms with Crippen molar-refractivity contribution in [1.82, 2.24) is 14.8 Å². The first-order valence-corrected chi connectivity index (χ1v) is 5.69. The molecule has 0 aromatic carbocycles. The van der Waals surface area contributed by atoms with Crippen LogP contribution in [0.4, 0.5) is 0 Å². The fraction of sp³-hybridized carbons (Fsp3) is 0.818. The molecule has 4 nitrogen and oxygen atoms in total. The third kappa shape index (κ3) is 1.91. The van der Waals surface area contributed by atoms with Crippen molar-refractivity contribution in [3.8, 4) is 0 Å². The van der Waals surface area contributed by atoms with Crippen molar-refractivity contribution in [3.05, 3.63) is 12.2 Å². The summed E-state index contributed by atoms with van der Waals surface area (Å²) in [6, 6.07) is 0.640. The Morgan fingerprint density at radius 3 is 2.60 bits per heavy atom. The summed E-state index contributed by atoms with van der Waals surface area (Å²) >= 11 is 0. The Bertz CT molecular complexity index is 336. The molecular weight excluding hydrogens is 188 g/mol. The SMILES string of the molecule is CC(C)n1ncnc1CC1(C(C)N)CC1. The van der Waals surface area contributed by atoms with Gasteiger partial charge in [0.2, 0.25) is 0 Å². The minimum Gasteiger partial charge on any atom is -0.327 e. The van der Waals surface area contributed by atoms with E-state index in [9.17, 15) is 0 Å². The molecule has 1 aliphatic carbocycles. The molecule has 1 fully saturated rings. The van der Waals surface area contributed by atoms with Crippen molar-refractivity contribution >= 4 is 0 Å². The molecule has 0 bridgehead atoms. The molecule has 0 saturated heterocycles. The number of hydrogen-bond acceptors (Lipinski definition) is 3. The van der Waals surface area contributed by atoms with Gasteiger partial charge >= 0.3 is 0 Å². The lowest BCUT2D eigenvalue weighted by atomic mass is 9.94. The maximum absolute atomic E-state index is 6.02. The van der Waals surface area contributed by atoms with Crippen LogP contribution in [0, 0.1) is 5.41 Å². The van der Waals surface area contributed by atoms with Crippen molar-refractivity contribution in [2.45, 2.75) is 52.1 Å². The molecule has 1 heterocycles. The highest BCUT2D eigenvalue weighted by atomic mass is 15.3. The van der Waals surface area contributed by atoms with E-state index in [-0.39, 0.29) is 6.04 Å². The summed E-state index contributed by atoms with van der Waals surface area (Å²) < 4.78 is 2.00. The number of rotatable bonds is 4. The van der Waals surface area contributed by atoms with Crippen molar-refractivity contribution < 1.29 is 0 Å². The van der Waals surface area contributed by atoms with Crippen LogP contribution in [-0.4, -0.2) is 20.8 Å². The van der Waals surface area contributed by atoms with Crippen molar-refractivity contribution in [2.75, 3.05) is 0 Å². The van der Waals surface area contributed by atoms with E-state index in [0.29, 0.717) is 11.5 Å². The Balaban J connectivity index is 2.14. The van der Waals surface area contributed by atoms with Gasteiger partial charge in [0.15, 0.2) is 0 Å². The Morgan fingerprint density at radius 1 is 1.47 bits per heavy atom. The van der Waals surface area contributed by atoms with E-state index in [1.54, 1.807) is 6.33 Å². The fourth-order valence-corrected chi connectivity index (χ4v) is 2.10. The zero-order valence-electron chi connectivity index (χ0n) is 9.77. The predicted molar refractivity (Wildman–Crippen MR) is 59.4 cm³/mol. The normalized spacial score (nSPS) is 20.6. The second-order valence-electron chi connectivity index (χ2n) is 5.04. The summed E-state index contributed by atoms with van der Waals surface area (Å²) in [7, 11) is 0. The minimum atomic E-state index is 0.259. The summed E-state index contributed by atoms with van der Waals surface area (Å²) in [6.45, 7) is 6.36. The van der Waals surface area contributed by atoms with Gasteiger partial charge in [0, 0.05) is 18.5 Å². The lowest BCUT2D eigenvalue weighted by molar-refractivity contribution is 0.388. The Hall–Kier alpha value is -0.900. The number of nitrogens with zero attached hydrogens (tertiary/aromatic N) is 3. The van der Waals surface area contributed by atoms with Gasteiger partial charge in [-0.2, -0.15) is 5.10 Å². The summed E-state index contributed by atoms with van der Waals surface area (Å²) in [5, 5.41) is 4.25. The van der Waals surface area contributed by atoms with E-state index >= 15 is 0 Å². The maximum Gasteiger partial charge on any atom is 0.138 e. The predicted octanol–water partition coefficient (Wildman–Crippen LogP) is 1.53. The van der Waals surface area contributed by atoms with Gasteiger partial charge in [-0.15, -0.1) is 0 Å². The molecule has 84 valence electrons. The van der Waals surface area contributed by atoms with Crippen molar-refractivity contribution in [2.24, 2.45) is 11.1 Å². The first-order valence-electron chi connectivity index (χ1n) is 5.69. The quantitative estimate of drug-likeness (QED) is 0.816. The van der Waals surface area contributed by atoms with Gasteiger partial charge in [-0.3, -0.25) is 0 Å². The average molecular weight is 208 g/mol. The summed E-state index contributed by atoms with van der Waals surface area (Å²) in [6.07, 6.45) is 5.08. The lowest BCUT2D eigenvalue weighted by Gasteiger charge is -2.19. The molecule has 4 heteroatoms. The van der Waals surface area contributed by atoms with E-state index in [4.69, 9.17) is 5.73 Å². The largest absolute Gasteiger partial charge is 0.327 e. The molecule has 1 saturated carbocycles. The molecule has 0 amide bonds. The molecule has 0 aliphatic heterocycles. The Morgan fingerprint density at radius 2 is 2.13 bits per heavy atom. The van der Waals surface area contributed by atoms with Gasteiger partial charge in [-0.1, -0.05) is 0 Å². The molecule has 0 spiro atoms. The number of aromatic nitrogens is 3. The van der Waals surface area contributed by atoms with E-state index in [1.165, 1.54) is 12.8 Å². The summed E-state index contributed by atoms with van der Waals surface area (Å²) in [4.78, 5) is 4.34. The topological polar surface area (TPSA) is 56.7 Å². The molecule has 1 aliphatic rings. The van der Waals surface area contributed by atoms with Gasteiger partial charge in [0.25, 0.3) is 0 Å². The van der Waals surface area contributed by atoms with Crippen LogP contribution in [0.1, 0.15) is 45.5 Å². The van der Waals surface area contributed by atoms with Crippen LogP contribution in [0.5, 0.6) is 0 Å². The molecule has 2 rings (SSSR count). The highest BCUT2D eigenvalue weighted by molar-refractivity contribution is 5.06. The average Bonchev–Trinajstić information content (AvgIpc) is 2.77. The van der Waals surface area contributed by atoms with Crippen LogP contribution in [0.2, 0.25) is 0 Å². The summed E-state index contributed by atoms with van der Waals surface area (Å²) in [5.41, 5.74) is 6.32. The first-order chi connectivity index (χ1) is 7.05. The zero-order valence-corrected chi connectivity index (χ0v) is 9.77. The number of hydrogen-bond donors (Lipinski definition) is 1. The lowest BCUT2D eigenvalue weighted by Crippen LogP contribution is -2.31. The third-order valence-corrected chi connectivity index (χ3v) is 3.50. The summed E-state index contributed by atoms with van der Waals surface area (Å²) in [5.74, 6) is 1.08. The molecule has 2 N–H and O–H groups in total. The molecule has 1 aromatic rings. The van der Waals surface area contributed by atoms with Crippen LogP contribution >= 0.6 is 0 Å². The van der Waals surface area contributed by atoms with Gasteiger partial charge in [-0.25, -0.2) is 9.67 Å². The van der Waals surface area contributed by atoms with E-state index in [1.807, 2.05) is 4.68 Å². The van der Waals surface area contributed by atoms with Crippen LogP contribution in [0.25, 0.3) is 0 Å². The third-order valence-electron chi connectivity index (χ3n) is 3.50. The smallest absolute Gasteiger partial charge is 0.138 e. The molecule has 15 heavy (non-hydrogen) atoms. The number of nitrogens with two attached hydrogens (primary N) is 1. The van der Waals surface area contributed by atoms with E-state index < -0.39 is 0 Å². The zero-order chi connectivity index (χ0) is 11.1. The van der Waals surface area contributed by atoms with Crippen molar-refractivity contribution in [1.29, 1.82) is 0 Å². The Kier molecular flexibility index (Phi) is 2.54. The van der Waals surface area contributed by atoms with Crippen LogP contribution in [0.15, 0.2) is 6.33 Å². The molecule has 1 unspecified atom stereocenters. The Labute approximate surface area is 90.9 Å². The fourth-order valence-electron chi connectivity index (χ4n) is 2.10. The van der Waals surface area contributed by atoms with Crippen LogP contribution < -0.4 is 5.73 Å². The van der Waals surface area contributed by atoms with Gasteiger partial charge in [0.05, 0.1) is 0 Å². The highest BCUT2D eigenvalue weighted by Gasteiger charge is 2.46. The maximum atomic E-state index is 6.02. The molecule has 1 atom stereocenters. The van der Waals surface area contributed by atoms with Gasteiger partial charge in [0.1, 0.15) is 12.2 Å². The van der Waals surface area contributed by atoms with Crippen LogP contribution in [0.3, 0.4) is 0 Å². The second-order valence-corrected chi connectivity index (χ2v) is 5.04. The monoisotopic (exact) mass is 208 g/mol. The van der Waals surface area contributed by atoms with Gasteiger partial charge < -0.3 is 5.73 Å². The minimum absolute atomic E-state index is 0.259. The standard InChI is InChI=1S/C11H20N4/c1-8(2)15-10(13-7-14-15)6-11(4-5-11)9(3)12/h7-9H,4-6,12H2,1-3H3. The second kappa shape index (κ2) is 3.59. The molecule has 0 radical (unpaired) electrons. The van der Waals surface area contributed by atoms with E-state index in [0.717, 1.165) is 12.2 Å². The first kappa shape index (κ1) is 10.6. The molecule has 1 aromatic heterocycles.